The van der Waals surface area contributed by atoms with Gasteiger partial charge in [-0.2, -0.15) is 0 Å². The Morgan fingerprint density at radius 2 is 1.91 bits per heavy atom. The number of carbonyl (C=O) groups is 1. The summed E-state index contributed by atoms with van der Waals surface area (Å²) in [6.07, 6.45) is 0.0589. The molecule has 0 aromatic heterocycles. The summed E-state index contributed by atoms with van der Waals surface area (Å²) in [7, 11) is 0. The van der Waals surface area contributed by atoms with E-state index >= 15 is 0 Å². The van der Waals surface area contributed by atoms with Crippen molar-refractivity contribution in [1.82, 2.24) is 4.31 Å². The first-order valence-electron chi connectivity index (χ1n) is 7.35. The van der Waals surface area contributed by atoms with Gasteiger partial charge >= 0.3 is 6.09 Å². The lowest BCUT2D eigenvalue weighted by molar-refractivity contribution is 0.0174. The Morgan fingerprint density at radius 3 is 2.43 bits per heavy atom. The highest BCUT2D eigenvalue weighted by atomic mass is 32.2. The molecule has 0 spiro atoms. The van der Waals surface area contributed by atoms with Crippen LogP contribution in [0.2, 0.25) is 0 Å². The zero-order valence-electron chi connectivity index (χ0n) is 13.6. The van der Waals surface area contributed by atoms with Gasteiger partial charge < -0.3 is 4.74 Å². The van der Waals surface area contributed by atoms with Crippen LogP contribution in [0.15, 0.2) is 24.3 Å². The summed E-state index contributed by atoms with van der Waals surface area (Å²) >= 11 is 0.965. The molecule has 1 aliphatic rings. The molecule has 0 bridgehead atoms. The number of carbonyl (C=O) groups excluding carboxylic acids is 1. The van der Waals surface area contributed by atoms with Crippen molar-refractivity contribution in [3.8, 4) is 0 Å². The molecule has 128 valence electrons. The summed E-state index contributed by atoms with van der Waals surface area (Å²) in [5.41, 5.74) is 0.254. The molecule has 1 atom stereocenters. The van der Waals surface area contributed by atoms with Crippen LogP contribution in [-0.2, 0) is 21.3 Å². The van der Waals surface area contributed by atoms with Crippen LogP contribution in [-0.4, -0.2) is 28.6 Å². The summed E-state index contributed by atoms with van der Waals surface area (Å²) in [6.45, 7) is 6.63. The Labute approximate surface area is 139 Å². The molecule has 1 saturated heterocycles. The van der Waals surface area contributed by atoms with E-state index < -0.39 is 17.6 Å². The fourth-order valence-corrected chi connectivity index (χ4v) is 2.81. The van der Waals surface area contributed by atoms with Crippen LogP contribution in [0.4, 0.5) is 13.6 Å². The topological polar surface area (TPSA) is 38.8 Å². The van der Waals surface area contributed by atoms with E-state index in [1.54, 1.807) is 32.9 Å². The van der Waals surface area contributed by atoms with E-state index in [4.69, 9.17) is 8.92 Å². The predicted octanol–water partition coefficient (Wildman–Crippen LogP) is 4.54. The minimum atomic E-state index is -2.85. The zero-order chi connectivity index (χ0) is 17.3. The lowest BCUT2D eigenvalue weighted by atomic mass is 10.0. The third kappa shape index (κ3) is 5.07. The van der Waals surface area contributed by atoms with Gasteiger partial charge in [0.2, 0.25) is 0 Å². The van der Waals surface area contributed by atoms with Gasteiger partial charge in [0.15, 0.2) is 0 Å². The first kappa shape index (κ1) is 18.0. The van der Waals surface area contributed by atoms with Crippen molar-refractivity contribution >= 4 is 18.3 Å². The zero-order valence-corrected chi connectivity index (χ0v) is 14.5. The molecule has 1 amide bonds. The second kappa shape index (κ2) is 6.65. The number of ether oxygens (including phenoxy) is 1. The van der Waals surface area contributed by atoms with Gasteiger partial charge in [-0.25, -0.2) is 17.9 Å². The van der Waals surface area contributed by atoms with Gasteiger partial charge in [-0.05, 0) is 32.8 Å². The smallest absolute Gasteiger partial charge is 0.422 e. The Kier molecular flexibility index (Phi) is 5.20. The molecule has 7 heteroatoms. The van der Waals surface area contributed by atoms with Crippen LogP contribution < -0.4 is 0 Å². The molecule has 1 aliphatic heterocycles. The third-order valence-corrected chi connectivity index (χ3v) is 4.08. The summed E-state index contributed by atoms with van der Waals surface area (Å²) < 4.78 is 38.5. The number of hydrogen-bond donors (Lipinski definition) is 0. The second-order valence-electron chi connectivity index (χ2n) is 6.61. The molecule has 1 heterocycles. The molecule has 1 aromatic rings. The maximum Gasteiger partial charge on any atom is 0.422 e. The molecule has 23 heavy (non-hydrogen) atoms. The average molecular weight is 345 g/mol. The second-order valence-corrected chi connectivity index (χ2v) is 7.39. The van der Waals surface area contributed by atoms with Crippen LogP contribution >= 0.6 is 12.2 Å². The van der Waals surface area contributed by atoms with E-state index in [0.717, 1.165) is 24.7 Å². The summed E-state index contributed by atoms with van der Waals surface area (Å²) in [6, 6.07) is 5.95. The molecule has 2 rings (SSSR count). The van der Waals surface area contributed by atoms with E-state index in [0.29, 0.717) is 13.0 Å². The van der Waals surface area contributed by atoms with Crippen LogP contribution in [0.1, 0.15) is 38.8 Å². The maximum atomic E-state index is 13.2. The Morgan fingerprint density at radius 1 is 1.30 bits per heavy atom. The van der Waals surface area contributed by atoms with Gasteiger partial charge in [-0.1, -0.05) is 24.3 Å². The monoisotopic (exact) mass is 345 g/mol. The first-order valence-corrected chi connectivity index (χ1v) is 8.05. The molecule has 1 aromatic carbocycles. The quantitative estimate of drug-likeness (QED) is 0.595. The van der Waals surface area contributed by atoms with Gasteiger partial charge in [0.25, 0.3) is 5.92 Å². The standard InChI is InChI=1S/C16H21F2NO3S/c1-15(2,3)22-14(20)19-13(10-21-23-19)9-11-5-7-12(8-6-11)16(4,17)18/h5-8,13H,9-10H2,1-4H3. The molecule has 0 radical (unpaired) electrons. The van der Waals surface area contributed by atoms with Gasteiger partial charge in [0.1, 0.15) is 17.8 Å². The van der Waals surface area contributed by atoms with E-state index in [1.807, 2.05) is 0 Å². The van der Waals surface area contributed by atoms with Crippen molar-refractivity contribution in [2.45, 2.75) is 51.7 Å². The van der Waals surface area contributed by atoms with Crippen LogP contribution in [0.5, 0.6) is 0 Å². The van der Waals surface area contributed by atoms with Crippen LogP contribution in [0.3, 0.4) is 0 Å². The molecule has 0 saturated carbocycles. The first-order chi connectivity index (χ1) is 10.6. The van der Waals surface area contributed by atoms with E-state index in [-0.39, 0.29) is 11.6 Å². The Bertz CT molecular complexity index is 552. The SMILES string of the molecule is CC(C)(C)OC(=O)N1SOCC1Cc1ccc(C(C)(F)F)cc1. The van der Waals surface area contributed by atoms with Crippen LogP contribution in [0, 0.1) is 0 Å². The fraction of sp³-hybridized carbons (Fsp3) is 0.562. The van der Waals surface area contributed by atoms with Crippen LogP contribution in [0.25, 0.3) is 0 Å². The summed E-state index contributed by atoms with van der Waals surface area (Å²) in [5, 5.41) is 0. The fourth-order valence-electron chi connectivity index (χ4n) is 2.13. The highest BCUT2D eigenvalue weighted by Gasteiger charge is 2.35. The Balaban J connectivity index is 2.02. The van der Waals surface area contributed by atoms with Gasteiger partial charge in [-0.15, -0.1) is 0 Å². The lowest BCUT2D eigenvalue weighted by Gasteiger charge is -2.26. The number of nitrogens with zero attached hydrogens (tertiary/aromatic N) is 1. The molecular formula is C16H21F2NO3S. The molecule has 0 N–H and O–H groups in total. The van der Waals surface area contributed by atoms with Gasteiger partial charge in [0, 0.05) is 12.5 Å². The molecule has 1 fully saturated rings. The highest BCUT2D eigenvalue weighted by Crippen LogP contribution is 2.30. The summed E-state index contributed by atoms with van der Waals surface area (Å²) in [5.74, 6) is -2.85. The normalized spacial score (nSPS) is 19.0. The van der Waals surface area contributed by atoms with E-state index in [2.05, 4.69) is 0 Å². The van der Waals surface area contributed by atoms with E-state index in [9.17, 15) is 13.6 Å². The van der Waals surface area contributed by atoms with Crippen molar-refractivity contribution in [2.24, 2.45) is 0 Å². The van der Waals surface area contributed by atoms with E-state index in [1.165, 1.54) is 16.4 Å². The van der Waals surface area contributed by atoms with Crippen molar-refractivity contribution < 1.29 is 22.5 Å². The van der Waals surface area contributed by atoms with Crippen molar-refractivity contribution in [3.05, 3.63) is 35.4 Å². The van der Waals surface area contributed by atoms with Crippen molar-refractivity contribution in [1.29, 1.82) is 0 Å². The minimum Gasteiger partial charge on any atom is -0.443 e. The molecule has 4 nitrogen and oxygen atoms in total. The highest BCUT2D eigenvalue weighted by molar-refractivity contribution is 7.93. The predicted molar refractivity (Wildman–Crippen MR) is 85.1 cm³/mol. The van der Waals surface area contributed by atoms with Gasteiger partial charge in [0.05, 0.1) is 12.6 Å². The number of rotatable bonds is 3. The average Bonchev–Trinajstić information content (AvgIpc) is 2.84. The lowest BCUT2D eigenvalue weighted by Crippen LogP contribution is -2.38. The number of halogens is 2. The molecule has 0 aliphatic carbocycles. The van der Waals surface area contributed by atoms with Gasteiger partial charge in [-0.3, -0.25) is 4.18 Å². The molecule has 1 unspecified atom stereocenters. The minimum absolute atomic E-state index is 0.0257. The maximum absolute atomic E-state index is 13.2. The number of hydrogen-bond acceptors (Lipinski definition) is 4. The number of alkyl halides is 2. The third-order valence-electron chi connectivity index (χ3n) is 3.23. The van der Waals surface area contributed by atoms with Crippen molar-refractivity contribution in [3.63, 3.8) is 0 Å². The van der Waals surface area contributed by atoms with Crippen molar-refractivity contribution in [2.75, 3.05) is 6.61 Å². The Hall–Kier alpha value is -1.34. The summed E-state index contributed by atoms with van der Waals surface area (Å²) in [4.78, 5) is 12.2. The molecular weight excluding hydrogens is 324 g/mol. The number of benzene rings is 1. The number of amides is 1. The largest absolute Gasteiger partial charge is 0.443 e.